The van der Waals surface area contributed by atoms with Crippen LogP contribution in [0, 0.1) is 12.8 Å². The Kier molecular flexibility index (Phi) is 5.89. The molecule has 25 heavy (non-hydrogen) atoms. The summed E-state index contributed by atoms with van der Waals surface area (Å²) in [6, 6.07) is 13.5. The third kappa shape index (κ3) is 4.91. The Balaban J connectivity index is 1.94. The second kappa shape index (κ2) is 8.10. The first kappa shape index (κ1) is 18.2. The number of rotatable bonds is 4. The highest BCUT2D eigenvalue weighted by atomic mass is 16.2. The lowest BCUT2D eigenvalue weighted by molar-refractivity contribution is -0.118. The van der Waals surface area contributed by atoms with Crippen LogP contribution in [-0.2, 0) is 4.79 Å². The van der Waals surface area contributed by atoms with Crippen molar-refractivity contribution in [2.45, 2.75) is 20.8 Å². The number of aryl methyl sites for hydroxylation is 1. The SMILES string of the molecule is Cc1ccccc1C(=O)NNC(=O)c1ccc(NC(=O)C(C)C)cc1. The zero-order valence-electron chi connectivity index (χ0n) is 14.4. The largest absolute Gasteiger partial charge is 0.326 e. The number of amides is 3. The predicted molar refractivity (Wildman–Crippen MR) is 96.0 cm³/mol. The second-order valence-electron chi connectivity index (χ2n) is 5.94. The summed E-state index contributed by atoms with van der Waals surface area (Å²) in [7, 11) is 0. The van der Waals surface area contributed by atoms with Crippen molar-refractivity contribution in [3.63, 3.8) is 0 Å². The quantitative estimate of drug-likeness (QED) is 0.748. The number of carbonyl (C=O) groups excluding carboxylic acids is 3. The third-order valence-electron chi connectivity index (χ3n) is 3.62. The summed E-state index contributed by atoms with van der Waals surface area (Å²) in [6.45, 7) is 5.42. The van der Waals surface area contributed by atoms with Crippen LogP contribution in [-0.4, -0.2) is 17.7 Å². The summed E-state index contributed by atoms with van der Waals surface area (Å²) >= 11 is 0. The molecule has 0 radical (unpaired) electrons. The van der Waals surface area contributed by atoms with Crippen molar-refractivity contribution < 1.29 is 14.4 Å². The molecule has 3 amide bonds. The molecule has 2 rings (SSSR count). The Morgan fingerprint density at radius 2 is 1.44 bits per heavy atom. The van der Waals surface area contributed by atoms with Gasteiger partial charge in [-0.15, -0.1) is 0 Å². The maximum absolute atomic E-state index is 12.1. The van der Waals surface area contributed by atoms with E-state index < -0.39 is 5.91 Å². The van der Waals surface area contributed by atoms with Gasteiger partial charge in [-0.05, 0) is 42.8 Å². The van der Waals surface area contributed by atoms with Gasteiger partial charge < -0.3 is 5.32 Å². The molecule has 0 unspecified atom stereocenters. The Hall–Kier alpha value is -3.15. The highest BCUT2D eigenvalue weighted by Gasteiger charge is 2.11. The maximum atomic E-state index is 12.1. The molecule has 0 saturated carbocycles. The van der Waals surface area contributed by atoms with E-state index in [1.807, 2.05) is 19.1 Å². The van der Waals surface area contributed by atoms with E-state index in [0.717, 1.165) is 5.56 Å². The average molecular weight is 339 g/mol. The molecule has 3 N–H and O–H groups in total. The Labute approximate surface area is 146 Å². The zero-order valence-corrected chi connectivity index (χ0v) is 14.4. The number of nitrogens with one attached hydrogen (secondary N) is 3. The van der Waals surface area contributed by atoms with Gasteiger partial charge in [0.05, 0.1) is 0 Å². The lowest BCUT2D eigenvalue weighted by Gasteiger charge is -2.10. The first-order valence-corrected chi connectivity index (χ1v) is 7.95. The van der Waals surface area contributed by atoms with Gasteiger partial charge in [0, 0.05) is 22.7 Å². The highest BCUT2D eigenvalue weighted by Crippen LogP contribution is 2.11. The van der Waals surface area contributed by atoms with Crippen molar-refractivity contribution in [2.24, 2.45) is 5.92 Å². The summed E-state index contributed by atoms with van der Waals surface area (Å²) in [6.07, 6.45) is 0. The van der Waals surface area contributed by atoms with Crippen molar-refractivity contribution in [3.05, 3.63) is 65.2 Å². The number of benzene rings is 2. The van der Waals surface area contributed by atoms with Gasteiger partial charge in [0.2, 0.25) is 5.91 Å². The van der Waals surface area contributed by atoms with Crippen LogP contribution in [0.1, 0.15) is 40.1 Å². The number of carbonyl (C=O) groups is 3. The summed E-state index contributed by atoms with van der Waals surface area (Å²) < 4.78 is 0. The third-order valence-corrected chi connectivity index (χ3v) is 3.62. The number of hydrogen-bond acceptors (Lipinski definition) is 3. The van der Waals surface area contributed by atoms with Crippen LogP contribution >= 0.6 is 0 Å². The van der Waals surface area contributed by atoms with Gasteiger partial charge >= 0.3 is 0 Å². The van der Waals surface area contributed by atoms with Gasteiger partial charge in [0.15, 0.2) is 0 Å². The molecule has 6 heteroatoms. The van der Waals surface area contributed by atoms with Gasteiger partial charge in [0.1, 0.15) is 0 Å². The van der Waals surface area contributed by atoms with Crippen LogP contribution in [0.5, 0.6) is 0 Å². The molecule has 0 fully saturated rings. The van der Waals surface area contributed by atoms with E-state index in [-0.39, 0.29) is 17.7 Å². The van der Waals surface area contributed by atoms with Crippen LogP contribution in [0.2, 0.25) is 0 Å². The molecule has 0 heterocycles. The molecule has 2 aromatic carbocycles. The van der Waals surface area contributed by atoms with E-state index in [1.165, 1.54) is 0 Å². The van der Waals surface area contributed by atoms with Gasteiger partial charge in [-0.2, -0.15) is 0 Å². The molecule has 0 aliphatic carbocycles. The van der Waals surface area contributed by atoms with Crippen LogP contribution in [0.15, 0.2) is 48.5 Å². The minimum atomic E-state index is -0.441. The molecule has 2 aromatic rings. The van der Waals surface area contributed by atoms with E-state index >= 15 is 0 Å². The first-order chi connectivity index (χ1) is 11.9. The normalized spacial score (nSPS) is 10.2. The summed E-state index contributed by atoms with van der Waals surface area (Å²) in [5.41, 5.74) is 7.06. The molecule has 0 aliphatic heterocycles. The topological polar surface area (TPSA) is 87.3 Å². The Bertz CT molecular complexity index is 783. The van der Waals surface area contributed by atoms with E-state index in [0.29, 0.717) is 16.8 Å². The van der Waals surface area contributed by atoms with Gasteiger partial charge in [-0.1, -0.05) is 32.0 Å². The monoisotopic (exact) mass is 339 g/mol. The highest BCUT2D eigenvalue weighted by molar-refractivity contribution is 6.00. The minimum absolute atomic E-state index is 0.0947. The van der Waals surface area contributed by atoms with Crippen LogP contribution in [0.3, 0.4) is 0 Å². The van der Waals surface area contributed by atoms with E-state index in [4.69, 9.17) is 0 Å². The molecular formula is C19H21N3O3. The van der Waals surface area contributed by atoms with E-state index in [9.17, 15) is 14.4 Å². The smallest absolute Gasteiger partial charge is 0.269 e. The molecule has 0 spiro atoms. The van der Waals surface area contributed by atoms with Crippen molar-refractivity contribution in [1.82, 2.24) is 10.9 Å². The molecule has 0 aromatic heterocycles. The van der Waals surface area contributed by atoms with Crippen molar-refractivity contribution in [1.29, 1.82) is 0 Å². The summed E-state index contributed by atoms with van der Waals surface area (Å²) in [4.78, 5) is 35.8. The molecule has 0 atom stereocenters. The predicted octanol–water partition coefficient (Wildman–Crippen LogP) is 2.66. The lowest BCUT2D eigenvalue weighted by atomic mass is 10.1. The fourth-order valence-corrected chi connectivity index (χ4v) is 2.07. The summed E-state index contributed by atoms with van der Waals surface area (Å²) in [5.74, 6) is -1.04. The van der Waals surface area contributed by atoms with E-state index in [1.54, 1.807) is 50.2 Å². The molecule has 0 saturated heterocycles. The Morgan fingerprint density at radius 1 is 0.840 bits per heavy atom. The van der Waals surface area contributed by atoms with Gasteiger partial charge in [-0.25, -0.2) is 0 Å². The first-order valence-electron chi connectivity index (χ1n) is 7.95. The van der Waals surface area contributed by atoms with Crippen LogP contribution in [0.25, 0.3) is 0 Å². The molecule has 6 nitrogen and oxygen atoms in total. The standard InChI is InChI=1S/C19H21N3O3/c1-12(2)17(23)20-15-10-8-14(9-11-15)18(24)21-22-19(25)16-7-5-4-6-13(16)3/h4-12H,1-3H3,(H,20,23)(H,21,24)(H,22,25). The Morgan fingerprint density at radius 3 is 2.04 bits per heavy atom. The van der Waals surface area contributed by atoms with Gasteiger partial charge in [-0.3, -0.25) is 25.2 Å². The molecule has 0 bridgehead atoms. The number of hydrogen-bond donors (Lipinski definition) is 3. The number of hydrazine groups is 1. The fourth-order valence-electron chi connectivity index (χ4n) is 2.07. The molecular weight excluding hydrogens is 318 g/mol. The lowest BCUT2D eigenvalue weighted by Crippen LogP contribution is -2.41. The zero-order chi connectivity index (χ0) is 18.4. The van der Waals surface area contributed by atoms with E-state index in [2.05, 4.69) is 16.2 Å². The average Bonchev–Trinajstić information content (AvgIpc) is 2.60. The minimum Gasteiger partial charge on any atom is -0.326 e. The van der Waals surface area contributed by atoms with Gasteiger partial charge in [0.25, 0.3) is 11.8 Å². The summed E-state index contributed by atoms with van der Waals surface area (Å²) in [5, 5.41) is 2.75. The molecule has 0 aliphatic rings. The van der Waals surface area contributed by atoms with Crippen molar-refractivity contribution in [2.75, 3.05) is 5.32 Å². The van der Waals surface area contributed by atoms with Crippen molar-refractivity contribution >= 4 is 23.4 Å². The van der Waals surface area contributed by atoms with Crippen LogP contribution < -0.4 is 16.2 Å². The van der Waals surface area contributed by atoms with Crippen molar-refractivity contribution in [3.8, 4) is 0 Å². The molecule has 130 valence electrons. The second-order valence-corrected chi connectivity index (χ2v) is 5.94. The number of anilines is 1. The van der Waals surface area contributed by atoms with Crippen LogP contribution in [0.4, 0.5) is 5.69 Å². The maximum Gasteiger partial charge on any atom is 0.269 e. The fraction of sp³-hybridized carbons (Fsp3) is 0.211.